The van der Waals surface area contributed by atoms with Crippen LogP contribution in [0.3, 0.4) is 0 Å². The van der Waals surface area contributed by atoms with Gasteiger partial charge in [0.05, 0.1) is 6.54 Å². The van der Waals surface area contributed by atoms with E-state index in [1.54, 1.807) is 6.20 Å². The van der Waals surface area contributed by atoms with Crippen LogP contribution in [-0.2, 0) is 13.1 Å². The molecule has 0 fully saturated rings. The lowest BCUT2D eigenvalue weighted by atomic mass is 10.2. The van der Waals surface area contributed by atoms with Crippen LogP contribution in [-0.4, -0.2) is 16.4 Å². The van der Waals surface area contributed by atoms with Gasteiger partial charge in [-0.2, -0.15) is 5.10 Å². The van der Waals surface area contributed by atoms with Crippen LogP contribution in [0.2, 0.25) is 0 Å². The quantitative estimate of drug-likeness (QED) is 0.852. The highest BCUT2D eigenvalue weighted by atomic mass is 16.5. The molecule has 0 atom stereocenters. The number of hydrogen-bond donors (Lipinski definition) is 1. The first kappa shape index (κ1) is 11.7. The van der Waals surface area contributed by atoms with E-state index in [2.05, 4.69) is 5.10 Å². The van der Waals surface area contributed by atoms with Crippen molar-refractivity contribution in [2.24, 2.45) is 5.73 Å². The number of aromatic nitrogens is 2. The molecule has 0 saturated carbocycles. The molecular weight excluding hydrogens is 214 g/mol. The first-order valence-electron chi connectivity index (χ1n) is 5.70. The first-order chi connectivity index (χ1) is 8.29. The van der Waals surface area contributed by atoms with Crippen LogP contribution in [0.4, 0.5) is 0 Å². The summed E-state index contributed by atoms with van der Waals surface area (Å²) in [6, 6.07) is 9.83. The highest BCUT2D eigenvalue weighted by Crippen LogP contribution is 2.11. The second kappa shape index (κ2) is 5.50. The Hall–Kier alpha value is -1.81. The molecule has 90 valence electrons. The normalized spacial score (nSPS) is 10.5. The maximum Gasteiger partial charge on any atom is 0.119 e. The maximum absolute atomic E-state index is 5.63. The maximum atomic E-state index is 5.63. The Bertz CT molecular complexity index is 462. The van der Waals surface area contributed by atoms with Gasteiger partial charge in [-0.1, -0.05) is 12.1 Å². The van der Waals surface area contributed by atoms with Gasteiger partial charge in [-0.05, 0) is 30.7 Å². The summed E-state index contributed by atoms with van der Waals surface area (Å²) in [5.74, 6) is 0.868. The largest absolute Gasteiger partial charge is 0.492 e. The van der Waals surface area contributed by atoms with Gasteiger partial charge in [-0.3, -0.25) is 4.68 Å². The minimum atomic E-state index is 0.562. The zero-order valence-electron chi connectivity index (χ0n) is 9.97. The molecule has 1 heterocycles. The lowest BCUT2D eigenvalue weighted by Crippen LogP contribution is -2.10. The summed E-state index contributed by atoms with van der Waals surface area (Å²) < 4.78 is 7.56. The van der Waals surface area contributed by atoms with Gasteiger partial charge in [-0.25, -0.2) is 0 Å². The zero-order valence-corrected chi connectivity index (χ0v) is 9.97. The van der Waals surface area contributed by atoms with Crippen molar-refractivity contribution in [2.45, 2.75) is 20.0 Å². The lowest BCUT2D eigenvalue weighted by Gasteiger charge is -2.08. The molecule has 4 heteroatoms. The summed E-state index contributed by atoms with van der Waals surface area (Å²) in [6.45, 7) is 3.97. The average molecular weight is 231 g/mol. The van der Waals surface area contributed by atoms with E-state index < -0.39 is 0 Å². The minimum Gasteiger partial charge on any atom is -0.492 e. The predicted octanol–water partition coefficient (Wildman–Crippen LogP) is 1.73. The number of ether oxygens (including phenoxy) is 1. The van der Waals surface area contributed by atoms with Gasteiger partial charge in [-0.15, -0.1) is 0 Å². The summed E-state index contributed by atoms with van der Waals surface area (Å²) >= 11 is 0. The zero-order chi connectivity index (χ0) is 12.1. The molecule has 0 aliphatic rings. The average Bonchev–Trinajstić information content (AvgIpc) is 2.76. The van der Waals surface area contributed by atoms with Crippen molar-refractivity contribution in [3.63, 3.8) is 0 Å². The molecule has 0 saturated heterocycles. The highest BCUT2D eigenvalue weighted by molar-refractivity contribution is 5.27. The van der Waals surface area contributed by atoms with Crippen molar-refractivity contribution in [1.29, 1.82) is 0 Å². The molecule has 0 aliphatic carbocycles. The molecule has 0 amide bonds. The SMILES string of the molecule is Cc1ccnn1CCOc1ccc(CN)cc1. The Morgan fingerprint density at radius 2 is 2.00 bits per heavy atom. The predicted molar refractivity (Wildman–Crippen MR) is 66.8 cm³/mol. The Morgan fingerprint density at radius 1 is 1.24 bits per heavy atom. The second-order valence-corrected chi connectivity index (χ2v) is 3.89. The van der Waals surface area contributed by atoms with E-state index in [-0.39, 0.29) is 0 Å². The fourth-order valence-electron chi connectivity index (χ4n) is 1.60. The van der Waals surface area contributed by atoms with Crippen molar-refractivity contribution in [2.75, 3.05) is 6.61 Å². The third-order valence-electron chi connectivity index (χ3n) is 2.66. The van der Waals surface area contributed by atoms with Crippen LogP contribution in [0, 0.1) is 6.92 Å². The molecule has 0 bridgehead atoms. The van der Waals surface area contributed by atoms with Crippen molar-refractivity contribution < 1.29 is 4.74 Å². The van der Waals surface area contributed by atoms with Crippen LogP contribution >= 0.6 is 0 Å². The number of nitrogens with zero attached hydrogens (tertiary/aromatic N) is 2. The molecule has 0 spiro atoms. The molecular formula is C13H17N3O. The minimum absolute atomic E-state index is 0.562. The molecule has 17 heavy (non-hydrogen) atoms. The van der Waals surface area contributed by atoms with E-state index in [0.29, 0.717) is 13.2 Å². The number of hydrogen-bond acceptors (Lipinski definition) is 3. The van der Waals surface area contributed by atoms with Gasteiger partial charge in [0.15, 0.2) is 0 Å². The fourth-order valence-corrected chi connectivity index (χ4v) is 1.60. The van der Waals surface area contributed by atoms with Gasteiger partial charge < -0.3 is 10.5 Å². The molecule has 0 radical (unpaired) electrons. The van der Waals surface area contributed by atoms with Crippen LogP contribution in [0.1, 0.15) is 11.3 Å². The number of nitrogens with two attached hydrogens (primary N) is 1. The van der Waals surface area contributed by atoms with E-state index >= 15 is 0 Å². The number of aryl methyl sites for hydroxylation is 1. The lowest BCUT2D eigenvalue weighted by molar-refractivity contribution is 0.290. The van der Waals surface area contributed by atoms with Gasteiger partial charge in [0, 0.05) is 18.4 Å². The Morgan fingerprint density at radius 3 is 2.59 bits per heavy atom. The number of rotatable bonds is 5. The summed E-state index contributed by atoms with van der Waals surface area (Å²) in [5, 5.41) is 4.19. The molecule has 2 rings (SSSR count). The van der Waals surface area contributed by atoms with Crippen molar-refractivity contribution in [1.82, 2.24) is 9.78 Å². The van der Waals surface area contributed by atoms with E-state index in [4.69, 9.17) is 10.5 Å². The number of benzene rings is 1. The Balaban J connectivity index is 1.83. The fraction of sp³-hybridized carbons (Fsp3) is 0.308. The van der Waals surface area contributed by atoms with Crippen molar-refractivity contribution in [3.05, 3.63) is 47.8 Å². The standard InChI is InChI=1S/C13H17N3O/c1-11-6-7-15-16(11)8-9-17-13-4-2-12(10-14)3-5-13/h2-7H,8-10,14H2,1H3. The summed E-state index contributed by atoms with van der Waals surface area (Å²) in [5.41, 5.74) is 7.79. The van der Waals surface area contributed by atoms with Gasteiger partial charge in [0.2, 0.25) is 0 Å². The van der Waals surface area contributed by atoms with Gasteiger partial charge >= 0.3 is 0 Å². The van der Waals surface area contributed by atoms with Crippen molar-refractivity contribution in [3.8, 4) is 5.75 Å². The second-order valence-electron chi connectivity index (χ2n) is 3.89. The molecule has 0 unspecified atom stereocenters. The van der Waals surface area contributed by atoms with E-state index in [0.717, 1.165) is 23.6 Å². The monoisotopic (exact) mass is 231 g/mol. The van der Waals surface area contributed by atoms with Crippen LogP contribution in [0.5, 0.6) is 5.75 Å². The summed E-state index contributed by atoms with van der Waals surface area (Å²) in [6.07, 6.45) is 1.80. The smallest absolute Gasteiger partial charge is 0.119 e. The Kier molecular flexibility index (Phi) is 3.77. The molecule has 2 N–H and O–H groups in total. The van der Waals surface area contributed by atoms with Crippen LogP contribution < -0.4 is 10.5 Å². The summed E-state index contributed by atoms with van der Waals surface area (Å²) in [7, 11) is 0. The van der Waals surface area contributed by atoms with E-state index in [1.807, 2.05) is 41.9 Å². The van der Waals surface area contributed by atoms with Crippen LogP contribution in [0.25, 0.3) is 0 Å². The summed E-state index contributed by atoms with van der Waals surface area (Å²) in [4.78, 5) is 0. The third-order valence-corrected chi connectivity index (χ3v) is 2.66. The topological polar surface area (TPSA) is 53.1 Å². The van der Waals surface area contributed by atoms with Crippen LogP contribution in [0.15, 0.2) is 36.5 Å². The van der Waals surface area contributed by atoms with E-state index in [1.165, 1.54) is 0 Å². The third kappa shape index (κ3) is 3.07. The van der Waals surface area contributed by atoms with Gasteiger partial charge in [0.25, 0.3) is 0 Å². The molecule has 4 nitrogen and oxygen atoms in total. The van der Waals surface area contributed by atoms with Crippen molar-refractivity contribution >= 4 is 0 Å². The highest BCUT2D eigenvalue weighted by Gasteiger charge is 1.98. The Labute approximate surface area is 101 Å². The van der Waals surface area contributed by atoms with E-state index in [9.17, 15) is 0 Å². The molecule has 1 aromatic heterocycles. The first-order valence-corrected chi connectivity index (χ1v) is 5.70. The molecule has 1 aromatic carbocycles. The van der Waals surface area contributed by atoms with Gasteiger partial charge in [0.1, 0.15) is 12.4 Å². The molecule has 2 aromatic rings. The molecule has 0 aliphatic heterocycles.